The van der Waals surface area contributed by atoms with Crippen LogP contribution in [0.4, 0.5) is 4.79 Å². The van der Waals surface area contributed by atoms with E-state index in [0.29, 0.717) is 0 Å². The smallest absolute Gasteiger partial charge is 0.407 e. The molecular formula is C20H28N2O6. The Hall–Kier alpha value is -2.90. The van der Waals surface area contributed by atoms with Crippen molar-refractivity contribution in [1.29, 1.82) is 0 Å². The Kier molecular flexibility index (Phi) is 8.63. The summed E-state index contributed by atoms with van der Waals surface area (Å²) in [6.07, 6.45) is -1.36. The van der Waals surface area contributed by atoms with E-state index in [1.54, 1.807) is 27.7 Å². The van der Waals surface area contributed by atoms with Gasteiger partial charge in [-0.05, 0) is 33.3 Å². The van der Waals surface area contributed by atoms with Gasteiger partial charge in [0.05, 0.1) is 18.5 Å². The van der Waals surface area contributed by atoms with E-state index >= 15 is 0 Å². The second kappa shape index (κ2) is 10.4. The van der Waals surface area contributed by atoms with Crippen LogP contribution in [0.5, 0.6) is 0 Å². The number of aliphatic carboxylic acids is 1. The van der Waals surface area contributed by atoms with E-state index in [0.717, 1.165) is 5.56 Å². The minimum atomic E-state index is -1.16. The number of carboxylic acid groups (broad SMARTS) is 1. The molecule has 0 aliphatic carbocycles. The molecule has 28 heavy (non-hydrogen) atoms. The third kappa shape index (κ3) is 9.70. The number of ether oxygens (including phenoxy) is 1. The summed E-state index contributed by atoms with van der Waals surface area (Å²) in [4.78, 5) is 47.3. The van der Waals surface area contributed by atoms with Gasteiger partial charge in [-0.1, -0.05) is 30.3 Å². The van der Waals surface area contributed by atoms with Crippen LogP contribution in [0.15, 0.2) is 30.3 Å². The number of carbonyl (C=O) groups excluding carboxylic acids is 3. The maximum absolute atomic E-state index is 12.2. The van der Waals surface area contributed by atoms with E-state index in [1.165, 1.54) is 0 Å². The maximum Gasteiger partial charge on any atom is 0.407 e. The molecule has 2 amide bonds. The van der Waals surface area contributed by atoms with Gasteiger partial charge in [0, 0.05) is 12.8 Å². The maximum atomic E-state index is 12.2. The third-order valence-corrected chi connectivity index (χ3v) is 3.66. The fourth-order valence-electron chi connectivity index (χ4n) is 2.41. The summed E-state index contributed by atoms with van der Waals surface area (Å²) in [5.41, 5.74) is 0.0855. The van der Waals surface area contributed by atoms with Crippen LogP contribution < -0.4 is 10.6 Å². The minimum absolute atomic E-state index is 0.172. The summed E-state index contributed by atoms with van der Waals surface area (Å²) in [5.74, 6) is -1.87. The van der Waals surface area contributed by atoms with E-state index in [-0.39, 0.29) is 18.6 Å². The number of amides is 2. The molecule has 154 valence electrons. The van der Waals surface area contributed by atoms with Crippen molar-refractivity contribution in [2.75, 3.05) is 0 Å². The fourth-order valence-corrected chi connectivity index (χ4v) is 2.41. The number of benzene rings is 1. The van der Waals surface area contributed by atoms with Crippen LogP contribution in [0.2, 0.25) is 0 Å². The van der Waals surface area contributed by atoms with Crippen molar-refractivity contribution < 1.29 is 29.0 Å². The second-order valence-electron chi connectivity index (χ2n) is 7.56. The van der Waals surface area contributed by atoms with E-state index in [4.69, 9.17) is 9.84 Å². The Morgan fingerprint density at radius 2 is 1.64 bits per heavy atom. The Balaban J connectivity index is 2.60. The number of carbonyl (C=O) groups is 4. The number of nitrogens with one attached hydrogen (secondary N) is 2. The number of hydrogen-bond donors (Lipinski definition) is 3. The van der Waals surface area contributed by atoms with Gasteiger partial charge in [0.1, 0.15) is 5.60 Å². The average Bonchev–Trinajstić information content (AvgIpc) is 2.52. The summed E-state index contributed by atoms with van der Waals surface area (Å²) >= 11 is 0. The number of alkyl carbamates (subject to hydrolysis) is 1. The Morgan fingerprint density at radius 3 is 2.18 bits per heavy atom. The summed E-state index contributed by atoms with van der Waals surface area (Å²) in [6.45, 7) is 6.58. The SMILES string of the molecule is C[C@H](NC(=O)C[C@H](CC(=O)O)NC(=O)OC(C)(C)C)C(=O)Cc1ccccc1. The quantitative estimate of drug-likeness (QED) is 0.591. The number of rotatable bonds is 9. The molecule has 0 bridgehead atoms. The molecule has 0 aromatic heterocycles. The number of hydrogen-bond acceptors (Lipinski definition) is 5. The van der Waals surface area contributed by atoms with Crippen molar-refractivity contribution in [3.8, 4) is 0 Å². The first-order chi connectivity index (χ1) is 13.0. The molecule has 0 fully saturated rings. The molecule has 3 N–H and O–H groups in total. The molecule has 0 aliphatic rings. The summed E-state index contributed by atoms with van der Waals surface area (Å²) < 4.78 is 5.09. The Labute approximate surface area is 164 Å². The lowest BCUT2D eigenvalue weighted by Crippen LogP contribution is -2.45. The molecule has 2 atom stereocenters. The molecule has 0 heterocycles. The first-order valence-corrected chi connectivity index (χ1v) is 9.03. The summed E-state index contributed by atoms with van der Waals surface area (Å²) in [7, 11) is 0. The van der Waals surface area contributed by atoms with Crippen LogP contribution >= 0.6 is 0 Å². The largest absolute Gasteiger partial charge is 0.481 e. The minimum Gasteiger partial charge on any atom is -0.481 e. The topological polar surface area (TPSA) is 122 Å². The zero-order valence-electron chi connectivity index (χ0n) is 16.7. The van der Waals surface area contributed by atoms with Crippen molar-refractivity contribution in [1.82, 2.24) is 10.6 Å². The highest BCUT2D eigenvalue weighted by molar-refractivity contribution is 5.90. The van der Waals surface area contributed by atoms with E-state index in [2.05, 4.69) is 10.6 Å². The molecule has 8 nitrogen and oxygen atoms in total. The third-order valence-electron chi connectivity index (χ3n) is 3.66. The van der Waals surface area contributed by atoms with Gasteiger partial charge in [-0.3, -0.25) is 14.4 Å². The molecule has 1 aromatic carbocycles. The van der Waals surface area contributed by atoms with Gasteiger partial charge in [-0.25, -0.2) is 4.79 Å². The van der Waals surface area contributed by atoms with Crippen molar-refractivity contribution in [2.45, 2.75) is 64.6 Å². The molecule has 1 aromatic rings. The molecule has 0 saturated carbocycles. The molecule has 0 spiro atoms. The second-order valence-corrected chi connectivity index (χ2v) is 7.56. The van der Waals surface area contributed by atoms with E-state index in [1.807, 2.05) is 30.3 Å². The van der Waals surface area contributed by atoms with Crippen molar-refractivity contribution in [3.63, 3.8) is 0 Å². The predicted octanol–water partition coefficient (Wildman–Crippen LogP) is 2.06. The highest BCUT2D eigenvalue weighted by Gasteiger charge is 2.24. The Bertz CT molecular complexity index is 696. The standard InChI is InChI=1S/C20H28N2O6/c1-13(16(23)10-14-8-6-5-7-9-14)21-17(24)11-15(12-18(25)26)22-19(27)28-20(2,3)4/h5-9,13,15H,10-12H2,1-4H3,(H,21,24)(H,22,27)(H,25,26)/t13-,15+/m0/s1. The zero-order valence-corrected chi connectivity index (χ0v) is 16.7. The normalized spacial score (nSPS) is 13.1. The first kappa shape index (κ1) is 23.1. The van der Waals surface area contributed by atoms with Crippen molar-refractivity contribution >= 4 is 23.8 Å². The number of carboxylic acids is 1. The monoisotopic (exact) mass is 392 g/mol. The summed E-state index contributed by atoms with van der Waals surface area (Å²) in [6, 6.07) is 7.44. The van der Waals surface area contributed by atoms with Gasteiger partial charge in [-0.2, -0.15) is 0 Å². The van der Waals surface area contributed by atoms with Crippen LogP contribution in [0.3, 0.4) is 0 Å². The predicted molar refractivity (Wildman–Crippen MR) is 103 cm³/mol. The highest BCUT2D eigenvalue weighted by Crippen LogP contribution is 2.09. The van der Waals surface area contributed by atoms with Crippen LogP contribution in [-0.4, -0.2) is 46.5 Å². The van der Waals surface area contributed by atoms with E-state index < -0.39 is 42.1 Å². The Morgan fingerprint density at radius 1 is 1.04 bits per heavy atom. The molecule has 1 rings (SSSR count). The highest BCUT2D eigenvalue weighted by atomic mass is 16.6. The van der Waals surface area contributed by atoms with E-state index in [9.17, 15) is 19.2 Å². The van der Waals surface area contributed by atoms with Crippen molar-refractivity contribution in [3.05, 3.63) is 35.9 Å². The number of Topliss-reactive ketones (excluding diaryl/α,β-unsaturated/α-hetero) is 1. The molecule has 8 heteroatoms. The number of ketones is 1. The van der Waals surface area contributed by atoms with Crippen LogP contribution in [0.1, 0.15) is 46.1 Å². The molecule has 0 saturated heterocycles. The lowest BCUT2D eigenvalue weighted by Gasteiger charge is -2.23. The lowest BCUT2D eigenvalue weighted by molar-refractivity contribution is -0.137. The van der Waals surface area contributed by atoms with Gasteiger partial charge in [0.25, 0.3) is 0 Å². The molecule has 0 aliphatic heterocycles. The zero-order chi connectivity index (χ0) is 21.3. The van der Waals surface area contributed by atoms with Gasteiger partial charge in [-0.15, -0.1) is 0 Å². The van der Waals surface area contributed by atoms with Gasteiger partial charge in [0.2, 0.25) is 5.91 Å². The molecular weight excluding hydrogens is 364 g/mol. The van der Waals surface area contributed by atoms with Crippen molar-refractivity contribution in [2.24, 2.45) is 0 Å². The van der Waals surface area contributed by atoms with Crippen LogP contribution in [-0.2, 0) is 25.5 Å². The summed E-state index contributed by atoms with van der Waals surface area (Å²) in [5, 5.41) is 13.9. The average molecular weight is 392 g/mol. The van der Waals surface area contributed by atoms with Crippen LogP contribution in [0.25, 0.3) is 0 Å². The molecule has 0 radical (unpaired) electrons. The van der Waals surface area contributed by atoms with Gasteiger partial charge >= 0.3 is 12.1 Å². The molecule has 0 unspecified atom stereocenters. The first-order valence-electron chi connectivity index (χ1n) is 9.03. The van der Waals surface area contributed by atoms with Gasteiger partial charge in [0.15, 0.2) is 5.78 Å². The lowest BCUT2D eigenvalue weighted by atomic mass is 10.0. The fraction of sp³-hybridized carbons (Fsp3) is 0.500. The van der Waals surface area contributed by atoms with Crippen LogP contribution in [0, 0.1) is 0 Å². The van der Waals surface area contributed by atoms with Gasteiger partial charge < -0.3 is 20.5 Å².